The third kappa shape index (κ3) is 4.15. The molecule has 0 saturated heterocycles. The fourth-order valence-corrected chi connectivity index (χ4v) is 2.60. The molecule has 3 aromatic rings. The number of rotatable bonds is 6. The van der Waals surface area contributed by atoms with Gasteiger partial charge in [0.15, 0.2) is 0 Å². The summed E-state index contributed by atoms with van der Waals surface area (Å²) in [6, 6.07) is 16.9. The number of pyridine rings is 1. The fraction of sp³-hybridized carbons (Fsp3) is 0.238. The molecule has 128 valence electrons. The van der Waals surface area contributed by atoms with Gasteiger partial charge < -0.3 is 10.1 Å². The molecular formula is C21H22N2O2. The Bertz CT molecular complexity index is 873. The standard InChI is InChI=1S/C21H22N2O2/c1-3-4-14-25-17-11-9-16(10-12-17)21(24)23-20-7-5-6-19-18(20)13-8-15(2)22-19/h5-13H,3-4,14H2,1-2H3,(H,23,24). The van der Waals surface area contributed by atoms with E-state index in [9.17, 15) is 4.79 Å². The first-order valence-electron chi connectivity index (χ1n) is 8.58. The number of carbonyl (C=O) groups excluding carboxylic acids is 1. The Balaban J connectivity index is 1.74. The molecule has 0 unspecified atom stereocenters. The zero-order chi connectivity index (χ0) is 17.6. The van der Waals surface area contributed by atoms with Crippen LogP contribution in [0.2, 0.25) is 0 Å². The van der Waals surface area contributed by atoms with Crippen LogP contribution in [0.3, 0.4) is 0 Å². The largest absolute Gasteiger partial charge is 0.494 e. The number of ether oxygens (including phenoxy) is 1. The number of unbranched alkanes of at least 4 members (excludes halogenated alkanes) is 1. The lowest BCUT2D eigenvalue weighted by molar-refractivity contribution is 0.102. The van der Waals surface area contributed by atoms with E-state index in [1.165, 1.54) is 0 Å². The Morgan fingerprint density at radius 1 is 1.08 bits per heavy atom. The molecule has 1 heterocycles. The van der Waals surface area contributed by atoms with Gasteiger partial charge in [-0.1, -0.05) is 19.4 Å². The van der Waals surface area contributed by atoms with Crippen LogP contribution in [-0.2, 0) is 0 Å². The molecular weight excluding hydrogens is 312 g/mol. The highest BCUT2D eigenvalue weighted by Crippen LogP contribution is 2.23. The molecule has 0 aliphatic heterocycles. The van der Waals surface area contributed by atoms with E-state index in [0.717, 1.165) is 40.9 Å². The Morgan fingerprint density at radius 3 is 2.64 bits per heavy atom. The van der Waals surface area contributed by atoms with Gasteiger partial charge in [-0.2, -0.15) is 0 Å². The molecule has 0 spiro atoms. The summed E-state index contributed by atoms with van der Waals surface area (Å²) in [5, 5.41) is 3.90. The monoisotopic (exact) mass is 334 g/mol. The number of hydrogen-bond acceptors (Lipinski definition) is 3. The molecule has 4 nitrogen and oxygen atoms in total. The Hall–Kier alpha value is -2.88. The van der Waals surface area contributed by atoms with Gasteiger partial charge in [0, 0.05) is 16.6 Å². The number of aryl methyl sites for hydroxylation is 1. The molecule has 0 bridgehead atoms. The minimum atomic E-state index is -0.145. The number of benzene rings is 2. The lowest BCUT2D eigenvalue weighted by Crippen LogP contribution is -2.12. The maximum absolute atomic E-state index is 12.5. The second-order valence-electron chi connectivity index (χ2n) is 6.01. The van der Waals surface area contributed by atoms with Crippen molar-refractivity contribution >= 4 is 22.5 Å². The zero-order valence-electron chi connectivity index (χ0n) is 14.6. The van der Waals surface area contributed by atoms with Gasteiger partial charge in [-0.05, 0) is 61.9 Å². The van der Waals surface area contributed by atoms with Gasteiger partial charge in [0.1, 0.15) is 5.75 Å². The third-order valence-corrected chi connectivity index (χ3v) is 4.00. The van der Waals surface area contributed by atoms with Gasteiger partial charge in [0.05, 0.1) is 17.8 Å². The molecule has 0 radical (unpaired) electrons. The summed E-state index contributed by atoms with van der Waals surface area (Å²) in [5.74, 6) is 0.642. The number of amides is 1. The van der Waals surface area contributed by atoms with Crippen molar-refractivity contribution < 1.29 is 9.53 Å². The second-order valence-corrected chi connectivity index (χ2v) is 6.01. The molecule has 0 fully saturated rings. The van der Waals surface area contributed by atoms with E-state index in [1.807, 2.05) is 49.4 Å². The Morgan fingerprint density at radius 2 is 1.88 bits per heavy atom. The zero-order valence-corrected chi connectivity index (χ0v) is 14.6. The summed E-state index contributed by atoms with van der Waals surface area (Å²) in [6.45, 7) is 4.78. The molecule has 25 heavy (non-hydrogen) atoms. The van der Waals surface area contributed by atoms with Gasteiger partial charge in [0.2, 0.25) is 0 Å². The molecule has 4 heteroatoms. The van der Waals surface area contributed by atoms with Crippen LogP contribution in [0.25, 0.3) is 10.9 Å². The van der Waals surface area contributed by atoms with Crippen LogP contribution in [0.5, 0.6) is 5.75 Å². The number of fused-ring (bicyclic) bond motifs is 1. The van der Waals surface area contributed by atoms with Crippen LogP contribution in [0.15, 0.2) is 54.6 Å². The summed E-state index contributed by atoms with van der Waals surface area (Å²) in [7, 11) is 0. The topological polar surface area (TPSA) is 51.2 Å². The lowest BCUT2D eigenvalue weighted by atomic mass is 10.1. The van der Waals surface area contributed by atoms with E-state index in [-0.39, 0.29) is 5.91 Å². The minimum Gasteiger partial charge on any atom is -0.494 e. The van der Waals surface area contributed by atoms with Crippen LogP contribution in [0.4, 0.5) is 5.69 Å². The van der Waals surface area contributed by atoms with Gasteiger partial charge >= 0.3 is 0 Å². The van der Waals surface area contributed by atoms with Crippen molar-refractivity contribution in [2.45, 2.75) is 26.7 Å². The Kier molecular flexibility index (Phi) is 5.29. The van der Waals surface area contributed by atoms with Crippen molar-refractivity contribution in [3.05, 3.63) is 65.9 Å². The van der Waals surface area contributed by atoms with E-state index in [2.05, 4.69) is 17.2 Å². The molecule has 0 aliphatic rings. The first-order valence-corrected chi connectivity index (χ1v) is 8.58. The SMILES string of the molecule is CCCCOc1ccc(C(=O)Nc2cccc3nc(C)ccc23)cc1. The van der Waals surface area contributed by atoms with Gasteiger partial charge in [-0.25, -0.2) is 0 Å². The van der Waals surface area contributed by atoms with Crippen LogP contribution in [0.1, 0.15) is 35.8 Å². The van der Waals surface area contributed by atoms with Crippen molar-refractivity contribution in [2.75, 3.05) is 11.9 Å². The number of carbonyl (C=O) groups is 1. The summed E-state index contributed by atoms with van der Waals surface area (Å²) >= 11 is 0. The van der Waals surface area contributed by atoms with E-state index in [4.69, 9.17) is 4.74 Å². The number of aromatic nitrogens is 1. The van der Waals surface area contributed by atoms with Crippen LogP contribution >= 0.6 is 0 Å². The fourth-order valence-electron chi connectivity index (χ4n) is 2.60. The van der Waals surface area contributed by atoms with E-state index < -0.39 is 0 Å². The molecule has 3 rings (SSSR count). The second kappa shape index (κ2) is 7.79. The van der Waals surface area contributed by atoms with Gasteiger partial charge in [0.25, 0.3) is 5.91 Å². The quantitative estimate of drug-likeness (QED) is 0.647. The van der Waals surface area contributed by atoms with Gasteiger partial charge in [-0.3, -0.25) is 9.78 Å². The predicted octanol–water partition coefficient (Wildman–Crippen LogP) is 4.97. The maximum Gasteiger partial charge on any atom is 0.255 e. The van der Waals surface area contributed by atoms with E-state index in [1.54, 1.807) is 12.1 Å². The normalized spacial score (nSPS) is 10.6. The smallest absolute Gasteiger partial charge is 0.255 e. The first kappa shape index (κ1) is 17.0. The van der Waals surface area contributed by atoms with Crippen LogP contribution < -0.4 is 10.1 Å². The van der Waals surface area contributed by atoms with Crippen molar-refractivity contribution in [1.29, 1.82) is 0 Å². The molecule has 0 aliphatic carbocycles. The summed E-state index contributed by atoms with van der Waals surface area (Å²) in [5.41, 5.74) is 3.19. The molecule has 2 aromatic carbocycles. The summed E-state index contributed by atoms with van der Waals surface area (Å²) in [6.07, 6.45) is 2.12. The highest BCUT2D eigenvalue weighted by Gasteiger charge is 2.09. The number of nitrogens with one attached hydrogen (secondary N) is 1. The van der Waals surface area contributed by atoms with Gasteiger partial charge in [-0.15, -0.1) is 0 Å². The van der Waals surface area contributed by atoms with Crippen LogP contribution in [-0.4, -0.2) is 17.5 Å². The lowest BCUT2D eigenvalue weighted by Gasteiger charge is -2.10. The number of nitrogens with zero attached hydrogens (tertiary/aromatic N) is 1. The minimum absolute atomic E-state index is 0.145. The third-order valence-electron chi connectivity index (χ3n) is 4.00. The summed E-state index contributed by atoms with van der Waals surface area (Å²) in [4.78, 5) is 17.0. The van der Waals surface area contributed by atoms with Crippen molar-refractivity contribution in [3.63, 3.8) is 0 Å². The molecule has 1 amide bonds. The molecule has 0 atom stereocenters. The average Bonchev–Trinajstić information content (AvgIpc) is 2.62. The predicted molar refractivity (Wildman–Crippen MR) is 101 cm³/mol. The maximum atomic E-state index is 12.5. The van der Waals surface area contributed by atoms with Crippen molar-refractivity contribution in [2.24, 2.45) is 0 Å². The highest BCUT2D eigenvalue weighted by molar-refractivity contribution is 6.08. The molecule has 1 N–H and O–H groups in total. The molecule has 0 saturated carbocycles. The van der Waals surface area contributed by atoms with E-state index >= 15 is 0 Å². The number of hydrogen-bond donors (Lipinski definition) is 1. The Labute approximate surface area is 147 Å². The first-order chi connectivity index (χ1) is 12.2. The highest BCUT2D eigenvalue weighted by atomic mass is 16.5. The summed E-state index contributed by atoms with van der Waals surface area (Å²) < 4.78 is 5.63. The van der Waals surface area contributed by atoms with E-state index in [0.29, 0.717) is 12.2 Å². The average molecular weight is 334 g/mol. The number of anilines is 1. The molecule has 1 aromatic heterocycles. The van der Waals surface area contributed by atoms with Crippen molar-refractivity contribution in [1.82, 2.24) is 4.98 Å². The van der Waals surface area contributed by atoms with Crippen molar-refractivity contribution in [3.8, 4) is 5.75 Å². The van der Waals surface area contributed by atoms with Crippen LogP contribution in [0, 0.1) is 6.92 Å².